The number of rotatable bonds is 9. The highest BCUT2D eigenvalue weighted by Gasteiger charge is 2.30. The van der Waals surface area contributed by atoms with Crippen molar-refractivity contribution in [2.45, 2.75) is 38.2 Å². The third kappa shape index (κ3) is 7.00. The first kappa shape index (κ1) is 24.2. The van der Waals surface area contributed by atoms with E-state index in [0.717, 1.165) is 29.7 Å². The number of halogens is 4. The van der Waals surface area contributed by atoms with Crippen molar-refractivity contribution in [3.63, 3.8) is 0 Å². The van der Waals surface area contributed by atoms with E-state index in [1.54, 1.807) is 0 Å². The van der Waals surface area contributed by atoms with Crippen LogP contribution in [0.25, 0.3) is 0 Å². The van der Waals surface area contributed by atoms with Crippen LogP contribution in [0.1, 0.15) is 33.2 Å². The zero-order valence-corrected chi connectivity index (χ0v) is 18.0. The van der Waals surface area contributed by atoms with Crippen LogP contribution in [0.2, 0.25) is 0 Å². The summed E-state index contributed by atoms with van der Waals surface area (Å²) in [6.07, 6.45) is -3.55. The first-order chi connectivity index (χ1) is 15.6. The molecule has 3 rings (SSSR count). The van der Waals surface area contributed by atoms with E-state index in [0.29, 0.717) is 5.01 Å². The number of anilines is 1. The van der Waals surface area contributed by atoms with Crippen LogP contribution < -0.4 is 10.6 Å². The molecule has 1 atom stereocenters. The van der Waals surface area contributed by atoms with Crippen molar-refractivity contribution in [2.24, 2.45) is 0 Å². The summed E-state index contributed by atoms with van der Waals surface area (Å²) in [6, 6.07) is 1.62. The van der Waals surface area contributed by atoms with Gasteiger partial charge in [0.1, 0.15) is 11.2 Å². The summed E-state index contributed by atoms with van der Waals surface area (Å²) >= 11 is 1.03. The lowest BCUT2D eigenvalue weighted by Crippen LogP contribution is -2.18. The van der Waals surface area contributed by atoms with Crippen LogP contribution in [0.4, 0.5) is 22.7 Å². The Bertz CT molecular complexity index is 1120. The Morgan fingerprint density at radius 1 is 1.24 bits per heavy atom. The van der Waals surface area contributed by atoms with Gasteiger partial charge in [0.25, 0.3) is 5.91 Å². The molecular weight excluding hydrogens is 468 g/mol. The number of amides is 2. The highest BCUT2D eigenvalue weighted by Crippen LogP contribution is 2.29. The standard InChI is InChI=1S/C18H18F4N8O2S/c1-23-16(32)13-9-30(29-26-13)8-11(19)2-3-15-27-28-17(33-15)25-14(31)7-12-6-10(4-5-24-12)18(20,21)22/h4-6,9,11H,2-3,7-8H2,1H3,(H,23,32)(H,25,28,31). The smallest absolute Gasteiger partial charge is 0.354 e. The summed E-state index contributed by atoms with van der Waals surface area (Å²) < 4.78 is 53.8. The number of carbonyl (C=O) groups is 2. The van der Waals surface area contributed by atoms with E-state index in [1.807, 2.05) is 0 Å². The molecule has 0 bridgehead atoms. The van der Waals surface area contributed by atoms with Crippen molar-refractivity contribution < 1.29 is 27.2 Å². The molecule has 3 aromatic rings. The molecule has 0 saturated heterocycles. The van der Waals surface area contributed by atoms with Gasteiger partial charge in [-0.05, 0) is 18.6 Å². The minimum Gasteiger partial charge on any atom is -0.354 e. The van der Waals surface area contributed by atoms with Crippen LogP contribution in [0.15, 0.2) is 24.5 Å². The molecule has 1 unspecified atom stereocenters. The monoisotopic (exact) mass is 486 g/mol. The SMILES string of the molecule is CNC(=O)c1cn(CC(F)CCc2nnc(NC(=O)Cc3cc(C(F)(F)F)ccn3)s2)nn1. The molecule has 0 radical (unpaired) electrons. The van der Waals surface area contributed by atoms with Crippen molar-refractivity contribution in [1.29, 1.82) is 0 Å². The van der Waals surface area contributed by atoms with Gasteiger partial charge in [-0.3, -0.25) is 14.6 Å². The van der Waals surface area contributed by atoms with Crippen LogP contribution >= 0.6 is 11.3 Å². The molecule has 0 fully saturated rings. The van der Waals surface area contributed by atoms with Gasteiger partial charge < -0.3 is 10.6 Å². The van der Waals surface area contributed by atoms with Gasteiger partial charge in [0.05, 0.1) is 30.4 Å². The molecule has 0 aliphatic rings. The number of nitrogens with one attached hydrogen (secondary N) is 2. The van der Waals surface area contributed by atoms with E-state index in [9.17, 15) is 27.2 Å². The van der Waals surface area contributed by atoms with E-state index in [4.69, 9.17) is 0 Å². The molecule has 15 heteroatoms. The normalized spacial score (nSPS) is 12.4. The van der Waals surface area contributed by atoms with E-state index in [2.05, 4.69) is 36.1 Å². The predicted octanol–water partition coefficient (Wildman–Crippen LogP) is 2.06. The second-order valence-electron chi connectivity index (χ2n) is 6.80. The molecule has 0 saturated carbocycles. The number of nitrogens with zero attached hydrogens (tertiary/aromatic N) is 6. The minimum absolute atomic E-state index is 0.0416. The lowest BCUT2D eigenvalue weighted by atomic mass is 10.2. The fourth-order valence-electron chi connectivity index (χ4n) is 2.68. The second-order valence-corrected chi connectivity index (χ2v) is 7.86. The fourth-order valence-corrected chi connectivity index (χ4v) is 3.45. The van der Waals surface area contributed by atoms with Gasteiger partial charge in [-0.2, -0.15) is 13.2 Å². The van der Waals surface area contributed by atoms with Crippen LogP contribution in [-0.4, -0.2) is 55.2 Å². The van der Waals surface area contributed by atoms with Gasteiger partial charge in [-0.1, -0.05) is 16.6 Å². The number of carbonyl (C=O) groups excluding carboxylic acids is 2. The van der Waals surface area contributed by atoms with Gasteiger partial charge in [0, 0.05) is 19.7 Å². The molecule has 3 aromatic heterocycles. The maximum atomic E-state index is 14.3. The largest absolute Gasteiger partial charge is 0.416 e. The van der Waals surface area contributed by atoms with Gasteiger partial charge in [-0.25, -0.2) is 9.07 Å². The van der Waals surface area contributed by atoms with E-state index in [-0.39, 0.29) is 42.3 Å². The summed E-state index contributed by atoms with van der Waals surface area (Å²) in [5.41, 5.74) is -0.857. The number of aromatic nitrogens is 6. The first-order valence-electron chi connectivity index (χ1n) is 9.54. The number of aryl methyl sites for hydroxylation is 1. The average Bonchev–Trinajstić information content (AvgIpc) is 3.40. The first-order valence-corrected chi connectivity index (χ1v) is 10.4. The lowest BCUT2D eigenvalue weighted by molar-refractivity contribution is -0.137. The summed E-state index contributed by atoms with van der Waals surface area (Å²) in [7, 11) is 1.44. The van der Waals surface area contributed by atoms with Gasteiger partial charge in [0.15, 0.2) is 5.69 Å². The summed E-state index contributed by atoms with van der Waals surface area (Å²) in [5, 5.41) is 20.5. The van der Waals surface area contributed by atoms with E-state index >= 15 is 0 Å². The second kappa shape index (κ2) is 10.4. The summed E-state index contributed by atoms with van der Waals surface area (Å²) in [4.78, 5) is 27.3. The molecule has 2 amide bonds. The van der Waals surface area contributed by atoms with Crippen LogP contribution in [0.3, 0.4) is 0 Å². The van der Waals surface area contributed by atoms with Gasteiger partial charge in [0.2, 0.25) is 11.0 Å². The molecule has 0 spiro atoms. The number of hydrogen-bond acceptors (Lipinski definition) is 8. The van der Waals surface area contributed by atoms with Crippen LogP contribution in [-0.2, 0) is 30.4 Å². The van der Waals surface area contributed by atoms with Crippen molar-refractivity contribution in [3.8, 4) is 0 Å². The van der Waals surface area contributed by atoms with Crippen molar-refractivity contribution >= 4 is 28.3 Å². The van der Waals surface area contributed by atoms with Gasteiger partial charge in [-0.15, -0.1) is 15.3 Å². The topological polar surface area (TPSA) is 128 Å². The predicted molar refractivity (Wildman–Crippen MR) is 108 cm³/mol. The fraction of sp³-hybridized carbons (Fsp3) is 0.389. The van der Waals surface area contributed by atoms with E-state index in [1.165, 1.54) is 17.9 Å². The molecule has 3 heterocycles. The highest BCUT2D eigenvalue weighted by molar-refractivity contribution is 7.15. The number of hydrogen-bond donors (Lipinski definition) is 2. The van der Waals surface area contributed by atoms with Crippen molar-refractivity contribution in [2.75, 3.05) is 12.4 Å². The Morgan fingerprint density at radius 2 is 2.03 bits per heavy atom. The summed E-state index contributed by atoms with van der Waals surface area (Å²) in [5.74, 6) is -1.03. The molecule has 33 heavy (non-hydrogen) atoms. The molecule has 0 aliphatic carbocycles. The lowest BCUT2D eigenvalue weighted by Gasteiger charge is -2.07. The maximum absolute atomic E-state index is 14.3. The van der Waals surface area contributed by atoms with Crippen LogP contribution in [0, 0.1) is 0 Å². The minimum atomic E-state index is -4.53. The molecule has 2 N–H and O–H groups in total. The van der Waals surface area contributed by atoms with E-state index < -0.39 is 29.7 Å². The van der Waals surface area contributed by atoms with Gasteiger partial charge >= 0.3 is 6.18 Å². The molecule has 0 aliphatic heterocycles. The number of pyridine rings is 1. The van der Waals surface area contributed by atoms with Crippen LogP contribution in [0.5, 0.6) is 0 Å². The zero-order chi connectivity index (χ0) is 24.0. The Kier molecular flexibility index (Phi) is 7.63. The summed E-state index contributed by atoms with van der Waals surface area (Å²) in [6.45, 7) is -0.101. The Hall–Kier alpha value is -3.49. The average molecular weight is 486 g/mol. The molecule has 0 aromatic carbocycles. The molecular formula is C18H18F4N8O2S. The Balaban J connectivity index is 1.47. The number of alkyl halides is 4. The third-order valence-corrected chi connectivity index (χ3v) is 5.15. The Labute approximate surface area is 188 Å². The van der Waals surface area contributed by atoms with Crippen molar-refractivity contribution in [3.05, 3.63) is 46.5 Å². The zero-order valence-electron chi connectivity index (χ0n) is 17.1. The Morgan fingerprint density at radius 3 is 2.76 bits per heavy atom. The third-order valence-electron chi connectivity index (χ3n) is 4.25. The maximum Gasteiger partial charge on any atom is 0.416 e. The quantitative estimate of drug-likeness (QED) is 0.443. The molecule has 10 nitrogen and oxygen atoms in total. The highest BCUT2D eigenvalue weighted by atomic mass is 32.1. The molecule has 176 valence electrons. The van der Waals surface area contributed by atoms with Crippen molar-refractivity contribution in [1.82, 2.24) is 35.5 Å².